The summed E-state index contributed by atoms with van der Waals surface area (Å²) < 4.78 is 1.11. The number of thiazole rings is 1. The third-order valence-corrected chi connectivity index (χ3v) is 3.93. The van der Waals surface area contributed by atoms with Gasteiger partial charge in [0.1, 0.15) is 0 Å². The summed E-state index contributed by atoms with van der Waals surface area (Å²) >= 11 is 5.02. The summed E-state index contributed by atoms with van der Waals surface area (Å²) in [7, 11) is 0. The van der Waals surface area contributed by atoms with Crippen LogP contribution in [0.2, 0.25) is 0 Å². The van der Waals surface area contributed by atoms with E-state index in [9.17, 15) is 0 Å². The molecule has 0 spiro atoms. The van der Waals surface area contributed by atoms with Crippen molar-refractivity contribution in [2.24, 2.45) is 5.10 Å². The minimum absolute atomic E-state index is 0.813. The van der Waals surface area contributed by atoms with Crippen molar-refractivity contribution in [2.75, 3.05) is 5.43 Å². The maximum Gasteiger partial charge on any atom is 0.203 e. The Morgan fingerprint density at radius 3 is 2.88 bits per heavy atom. The van der Waals surface area contributed by atoms with Gasteiger partial charge in [0.25, 0.3) is 0 Å². The third-order valence-electron chi connectivity index (χ3n) is 2.17. The molecule has 1 aromatic heterocycles. The van der Waals surface area contributed by atoms with E-state index >= 15 is 0 Å². The maximum absolute atomic E-state index is 4.26. The van der Waals surface area contributed by atoms with Gasteiger partial charge in [-0.05, 0) is 37.1 Å². The zero-order chi connectivity index (χ0) is 12.3. The van der Waals surface area contributed by atoms with Crippen LogP contribution in [0.15, 0.2) is 33.2 Å². The summed E-state index contributed by atoms with van der Waals surface area (Å²) in [6.45, 7) is 4.02. The fraction of sp³-hybridized carbons (Fsp3) is 0.167. The highest BCUT2D eigenvalue weighted by molar-refractivity contribution is 9.10. The summed E-state index contributed by atoms with van der Waals surface area (Å²) in [5.41, 5.74) is 6.17. The van der Waals surface area contributed by atoms with Gasteiger partial charge in [-0.1, -0.05) is 22.0 Å². The van der Waals surface area contributed by atoms with Gasteiger partial charge in [-0.25, -0.2) is 4.98 Å². The molecule has 1 heterocycles. The van der Waals surface area contributed by atoms with Crippen LogP contribution in [0.5, 0.6) is 0 Å². The van der Waals surface area contributed by atoms with Gasteiger partial charge in [-0.3, -0.25) is 5.43 Å². The van der Waals surface area contributed by atoms with E-state index in [1.165, 1.54) is 5.56 Å². The van der Waals surface area contributed by atoms with E-state index in [1.54, 1.807) is 17.6 Å². The van der Waals surface area contributed by atoms with E-state index in [2.05, 4.69) is 44.4 Å². The first-order valence-corrected chi connectivity index (χ1v) is 6.80. The molecule has 3 nitrogen and oxygen atoms in total. The molecule has 17 heavy (non-hydrogen) atoms. The quantitative estimate of drug-likeness (QED) is 0.688. The van der Waals surface area contributed by atoms with Crippen LogP contribution >= 0.6 is 27.3 Å². The van der Waals surface area contributed by atoms with Crippen molar-refractivity contribution < 1.29 is 0 Å². The van der Waals surface area contributed by atoms with Crippen molar-refractivity contribution in [3.05, 3.63) is 44.9 Å². The fourth-order valence-corrected chi connectivity index (χ4v) is 2.20. The molecule has 0 bridgehead atoms. The molecule has 0 unspecified atom stereocenters. The van der Waals surface area contributed by atoms with Gasteiger partial charge < -0.3 is 0 Å². The van der Waals surface area contributed by atoms with Crippen LogP contribution in [0.1, 0.15) is 16.8 Å². The zero-order valence-electron chi connectivity index (χ0n) is 9.57. The largest absolute Gasteiger partial charge is 0.253 e. The zero-order valence-corrected chi connectivity index (χ0v) is 12.0. The smallest absolute Gasteiger partial charge is 0.203 e. The second kappa shape index (κ2) is 5.42. The average Bonchev–Trinajstić information content (AvgIpc) is 2.70. The highest BCUT2D eigenvalue weighted by atomic mass is 79.9. The Morgan fingerprint density at radius 2 is 2.24 bits per heavy atom. The van der Waals surface area contributed by atoms with Gasteiger partial charge in [0, 0.05) is 9.85 Å². The van der Waals surface area contributed by atoms with Crippen LogP contribution < -0.4 is 5.43 Å². The number of hydrogen-bond acceptors (Lipinski definition) is 4. The lowest BCUT2D eigenvalue weighted by molar-refractivity contribution is 1.22. The van der Waals surface area contributed by atoms with Gasteiger partial charge in [0.2, 0.25) is 5.13 Å². The van der Waals surface area contributed by atoms with Crippen molar-refractivity contribution >= 4 is 38.6 Å². The molecule has 0 aliphatic heterocycles. The Kier molecular flexibility index (Phi) is 3.91. The molecular weight excluding hydrogens is 298 g/mol. The molecule has 0 radical (unpaired) electrons. The SMILES string of the molecule is Cc1csc(NN=Cc2ccc(Br)c(C)c2)n1. The van der Waals surface area contributed by atoms with Gasteiger partial charge in [-0.15, -0.1) is 11.3 Å². The average molecular weight is 310 g/mol. The molecule has 0 aliphatic rings. The number of nitrogens with zero attached hydrogens (tertiary/aromatic N) is 2. The van der Waals surface area contributed by atoms with Crippen LogP contribution in [-0.4, -0.2) is 11.2 Å². The molecule has 88 valence electrons. The number of nitrogens with one attached hydrogen (secondary N) is 1. The molecule has 0 saturated carbocycles. The Morgan fingerprint density at radius 1 is 1.41 bits per heavy atom. The molecule has 1 aromatic carbocycles. The fourth-order valence-electron chi connectivity index (χ4n) is 1.32. The normalized spacial score (nSPS) is 11.0. The summed E-state index contributed by atoms with van der Waals surface area (Å²) in [5, 5.41) is 6.95. The number of benzene rings is 1. The number of rotatable bonds is 3. The first kappa shape index (κ1) is 12.3. The van der Waals surface area contributed by atoms with Crippen LogP contribution in [0, 0.1) is 13.8 Å². The van der Waals surface area contributed by atoms with E-state index in [1.807, 2.05) is 24.4 Å². The standard InChI is InChI=1S/C12H12BrN3S/c1-8-5-10(3-4-11(8)13)6-14-16-12-15-9(2)7-17-12/h3-7H,1-2H3,(H,15,16). The van der Waals surface area contributed by atoms with Crippen LogP contribution in [0.25, 0.3) is 0 Å². The second-order valence-electron chi connectivity index (χ2n) is 3.67. The first-order valence-electron chi connectivity index (χ1n) is 5.12. The molecule has 0 aliphatic carbocycles. The molecular formula is C12H12BrN3S. The van der Waals surface area contributed by atoms with Crippen LogP contribution in [0.3, 0.4) is 0 Å². The number of anilines is 1. The minimum atomic E-state index is 0.813. The lowest BCUT2D eigenvalue weighted by atomic mass is 10.2. The van der Waals surface area contributed by atoms with Crippen molar-refractivity contribution in [3.63, 3.8) is 0 Å². The van der Waals surface area contributed by atoms with Gasteiger partial charge in [0.15, 0.2) is 0 Å². The summed E-state index contributed by atoms with van der Waals surface area (Å²) in [6.07, 6.45) is 1.79. The predicted molar refractivity (Wildman–Crippen MR) is 76.9 cm³/mol. The molecule has 5 heteroatoms. The molecule has 0 saturated heterocycles. The number of halogens is 1. The molecule has 2 aromatic rings. The van der Waals surface area contributed by atoms with Crippen molar-refractivity contribution in [1.29, 1.82) is 0 Å². The van der Waals surface area contributed by atoms with Gasteiger partial charge >= 0.3 is 0 Å². The van der Waals surface area contributed by atoms with E-state index in [0.29, 0.717) is 0 Å². The van der Waals surface area contributed by atoms with Crippen molar-refractivity contribution in [3.8, 4) is 0 Å². The third kappa shape index (κ3) is 3.38. The summed E-state index contributed by atoms with van der Waals surface area (Å²) in [5.74, 6) is 0. The second-order valence-corrected chi connectivity index (χ2v) is 5.39. The topological polar surface area (TPSA) is 37.3 Å². The van der Waals surface area contributed by atoms with E-state index in [4.69, 9.17) is 0 Å². The molecule has 0 fully saturated rings. The lowest BCUT2D eigenvalue weighted by Crippen LogP contribution is -1.90. The maximum atomic E-state index is 4.26. The van der Waals surface area contributed by atoms with Crippen molar-refractivity contribution in [1.82, 2.24) is 4.98 Å². The Balaban J connectivity index is 2.03. The summed E-state index contributed by atoms with van der Waals surface area (Å²) in [6, 6.07) is 6.10. The van der Waals surface area contributed by atoms with Gasteiger partial charge in [0.05, 0.1) is 11.9 Å². The first-order chi connectivity index (χ1) is 8.15. The molecule has 2 rings (SSSR count). The Labute approximate surface area is 113 Å². The predicted octanol–water partition coefficient (Wildman–Crippen LogP) is 3.97. The van der Waals surface area contributed by atoms with E-state index < -0.39 is 0 Å². The number of aromatic nitrogens is 1. The molecule has 0 amide bonds. The number of hydrazone groups is 1. The van der Waals surface area contributed by atoms with Crippen molar-refractivity contribution in [2.45, 2.75) is 13.8 Å². The highest BCUT2D eigenvalue weighted by Crippen LogP contribution is 2.16. The Hall–Kier alpha value is -1.20. The minimum Gasteiger partial charge on any atom is -0.253 e. The lowest BCUT2D eigenvalue weighted by Gasteiger charge is -1.99. The van der Waals surface area contributed by atoms with E-state index in [0.717, 1.165) is 20.9 Å². The monoisotopic (exact) mass is 309 g/mol. The number of hydrogen-bond donors (Lipinski definition) is 1. The highest BCUT2D eigenvalue weighted by Gasteiger charge is 1.96. The molecule has 1 N–H and O–H groups in total. The Bertz CT molecular complexity index is 548. The van der Waals surface area contributed by atoms with Gasteiger partial charge in [-0.2, -0.15) is 5.10 Å². The molecule has 0 atom stereocenters. The van der Waals surface area contributed by atoms with Crippen LogP contribution in [-0.2, 0) is 0 Å². The van der Waals surface area contributed by atoms with Crippen LogP contribution in [0.4, 0.5) is 5.13 Å². The number of aryl methyl sites for hydroxylation is 2. The van der Waals surface area contributed by atoms with E-state index in [-0.39, 0.29) is 0 Å². The summed E-state index contributed by atoms with van der Waals surface area (Å²) in [4.78, 5) is 4.26.